The first kappa shape index (κ1) is 11.3. The van der Waals surface area contributed by atoms with Gasteiger partial charge in [0.25, 0.3) is 0 Å². The summed E-state index contributed by atoms with van der Waals surface area (Å²) in [6.45, 7) is 1.73. The van der Waals surface area contributed by atoms with Gasteiger partial charge in [0.15, 0.2) is 0 Å². The number of nitrogens with one attached hydrogen (secondary N) is 1. The third-order valence-electron chi connectivity index (χ3n) is 1.81. The molecular weight excluding hydrogens is 200 g/mol. The Labute approximate surface area is 89.4 Å². The van der Waals surface area contributed by atoms with Crippen molar-refractivity contribution in [2.45, 2.75) is 12.8 Å². The molecule has 0 spiro atoms. The van der Waals surface area contributed by atoms with Crippen molar-refractivity contribution in [3.05, 3.63) is 23.4 Å². The van der Waals surface area contributed by atoms with Gasteiger partial charge in [-0.3, -0.25) is 0 Å². The number of hydrogen-bond acceptors (Lipinski definition) is 3. The van der Waals surface area contributed by atoms with E-state index < -0.39 is 0 Å². The van der Waals surface area contributed by atoms with E-state index in [-0.39, 0.29) is 0 Å². The number of nitrogens with zero attached hydrogens (tertiary/aromatic N) is 1. The molecule has 0 bridgehead atoms. The minimum absolute atomic E-state index is 0.662. The summed E-state index contributed by atoms with van der Waals surface area (Å²) in [5, 5.41) is 3.87. The van der Waals surface area contributed by atoms with Crippen LogP contribution < -0.4 is 5.32 Å². The van der Waals surface area contributed by atoms with Crippen LogP contribution >= 0.6 is 11.6 Å². The maximum Gasteiger partial charge on any atom is 0.125 e. The van der Waals surface area contributed by atoms with Gasteiger partial charge in [-0.2, -0.15) is 0 Å². The van der Waals surface area contributed by atoms with Crippen LogP contribution in [-0.2, 0) is 4.74 Å². The molecule has 0 aliphatic heterocycles. The molecule has 0 saturated heterocycles. The number of ether oxygens (including phenoxy) is 1. The zero-order valence-corrected chi connectivity index (χ0v) is 9.05. The second kappa shape index (κ2) is 6.62. The molecule has 78 valence electrons. The van der Waals surface area contributed by atoms with E-state index in [1.165, 1.54) is 0 Å². The average Bonchev–Trinajstić information content (AvgIpc) is 2.21. The lowest BCUT2D eigenvalue weighted by atomic mass is 10.3. The molecule has 1 N–H and O–H groups in total. The van der Waals surface area contributed by atoms with E-state index >= 15 is 0 Å². The normalized spacial score (nSPS) is 10.1. The van der Waals surface area contributed by atoms with Crippen LogP contribution in [0.3, 0.4) is 0 Å². The summed E-state index contributed by atoms with van der Waals surface area (Å²) in [6.07, 6.45) is 3.79. The summed E-state index contributed by atoms with van der Waals surface area (Å²) in [5.74, 6) is 0.867. The highest BCUT2D eigenvalue weighted by Gasteiger charge is 1.93. The lowest BCUT2D eigenvalue weighted by Crippen LogP contribution is -2.04. The molecule has 0 aliphatic rings. The topological polar surface area (TPSA) is 34.1 Å². The van der Waals surface area contributed by atoms with Crippen molar-refractivity contribution in [2.24, 2.45) is 0 Å². The minimum atomic E-state index is 0.662. The zero-order chi connectivity index (χ0) is 10.2. The smallest absolute Gasteiger partial charge is 0.125 e. The van der Waals surface area contributed by atoms with Gasteiger partial charge in [-0.05, 0) is 25.0 Å². The van der Waals surface area contributed by atoms with Gasteiger partial charge in [-0.25, -0.2) is 4.98 Å². The van der Waals surface area contributed by atoms with E-state index in [2.05, 4.69) is 10.3 Å². The highest BCUT2D eigenvalue weighted by atomic mass is 35.5. The first-order chi connectivity index (χ1) is 6.83. The molecule has 0 unspecified atom stereocenters. The van der Waals surface area contributed by atoms with Gasteiger partial charge in [0.1, 0.15) is 5.82 Å². The quantitative estimate of drug-likeness (QED) is 0.740. The van der Waals surface area contributed by atoms with Crippen molar-refractivity contribution in [3.63, 3.8) is 0 Å². The number of hydrogen-bond donors (Lipinski definition) is 1. The summed E-state index contributed by atoms with van der Waals surface area (Å²) in [6, 6.07) is 3.70. The number of rotatable bonds is 6. The maximum absolute atomic E-state index is 5.71. The lowest BCUT2D eigenvalue weighted by Gasteiger charge is -2.04. The molecule has 0 amide bonds. The molecule has 4 heteroatoms. The molecule has 1 aromatic heterocycles. The number of unbranched alkanes of at least 4 members (excludes halogenated alkanes) is 1. The number of aromatic nitrogens is 1. The predicted octanol–water partition coefficient (Wildman–Crippen LogP) is 2.57. The molecule has 1 rings (SSSR count). The fourth-order valence-electron chi connectivity index (χ4n) is 1.07. The Balaban J connectivity index is 2.15. The second-order valence-electron chi connectivity index (χ2n) is 2.99. The van der Waals surface area contributed by atoms with Crippen LogP contribution in [0.2, 0.25) is 5.02 Å². The van der Waals surface area contributed by atoms with Crippen molar-refractivity contribution in [1.82, 2.24) is 4.98 Å². The van der Waals surface area contributed by atoms with Crippen LogP contribution in [0.5, 0.6) is 0 Å². The molecule has 0 aliphatic carbocycles. The molecule has 0 aromatic carbocycles. The van der Waals surface area contributed by atoms with Crippen molar-refractivity contribution in [1.29, 1.82) is 0 Å². The zero-order valence-electron chi connectivity index (χ0n) is 8.29. The standard InChI is InChI=1S/C10H15ClN2O/c1-14-7-3-2-6-12-10-5-4-9(11)8-13-10/h4-5,8H,2-3,6-7H2,1H3,(H,12,13). The Morgan fingerprint density at radius 1 is 1.43 bits per heavy atom. The fraction of sp³-hybridized carbons (Fsp3) is 0.500. The molecule has 0 fully saturated rings. The van der Waals surface area contributed by atoms with E-state index in [0.717, 1.165) is 31.8 Å². The maximum atomic E-state index is 5.71. The molecule has 1 heterocycles. The average molecular weight is 215 g/mol. The minimum Gasteiger partial charge on any atom is -0.385 e. The van der Waals surface area contributed by atoms with Crippen molar-refractivity contribution in [3.8, 4) is 0 Å². The van der Waals surface area contributed by atoms with E-state index in [4.69, 9.17) is 16.3 Å². The van der Waals surface area contributed by atoms with Crippen molar-refractivity contribution in [2.75, 3.05) is 25.6 Å². The number of halogens is 1. The molecule has 0 saturated carbocycles. The molecular formula is C10H15ClN2O. The van der Waals surface area contributed by atoms with E-state index in [1.807, 2.05) is 12.1 Å². The van der Waals surface area contributed by atoms with E-state index in [1.54, 1.807) is 13.3 Å². The van der Waals surface area contributed by atoms with Gasteiger partial charge in [0.05, 0.1) is 5.02 Å². The monoisotopic (exact) mass is 214 g/mol. The van der Waals surface area contributed by atoms with Gasteiger partial charge < -0.3 is 10.1 Å². The Hall–Kier alpha value is -0.800. The highest BCUT2D eigenvalue weighted by Crippen LogP contribution is 2.09. The van der Waals surface area contributed by atoms with Crippen LogP contribution in [0.15, 0.2) is 18.3 Å². The van der Waals surface area contributed by atoms with Gasteiger partial charge in [-0.15, -0.1) is 0 Å². The van der Waals surface area contributed by atoms with Crippen LogP contribution in [0.25, 0.3) is 0 Å². The summed E-state index contributed by atoms with van der Waals surface area (Å²) >= 11 is 5.71. The summed E-state index contributed by atoms with van der Waals surface area (Å²) in [7, 11) is 1.72. The summed E-state index contributed by atoms with van der Waals surface area (Å²) in [5.41, 5.74) is 0. The highest BCUT2D eigenvalue weighted by molar-refractivity contribution is 6.30. The number of anilines is 1. The first-order valence-corrected chi connectivity index (χ1v) is 5.05. The summed E-state index contributed by atoms with van der Waals surface area (Å²) in [4.78, 5) is 4.12. The van der Waals surface area contributed by atoms with Crippen LogP contribution in [-0.4, -0.2) is 25.2 Å². The van der Waals surface area contributed by atoms with Crippen molar-refractivity contribution < 1.29 is 4.74 Å². The molecule has 0 atom stereocenters. The Morgan fingerprint density at radius 3 is 2.93 bits per heavy atom. The molecule has 1 aromatic rings. The largest absolute Gasteiger partial charge is 0.385 e. The Kier molecular flexibility index (Phi) is 5.33. The van der Waals surface area contributed by atoms with E-state index in [0.29, 0.717) is 5.02 Å². The van der Waals surface area contributed by atoms with Gasteiger partial charge >= 0.3 is 0 Å². The first-order valence-electron chi connectivity index (χ1n) is 4.67. The van der Waals surface area contributed by atoms with Gasteiger partial charge in [0.2, 0.25) is 0 Å². The molecule has 3 nitrogen and oxygen atoms in total. The Bertz CT molecular complexity index is 251. The van der Waals surface area contributed by atoms with Crippen LogP contribution in [0, 0.1) is 0 Å². The third-order valence-corrected chi connectivity index (χ3v) is 2.03. The van der Waals surface area contributed by atoms with Crippen LogP contribution in [0.4, 0.5) is 5.82 Å². The SMILES string of the molecule is COCCCCNc1ccc(Cl)cn1. The lowest BCUT2D eigenvalue weighted by molar-refractivity contribution is 0.194. The van der Waals surface area contributed by atoms with Gasteiger partial charge in [-0.1, -0.05) is 11.6 Å². The number of pyridine rings is 1. The fourth-order valence-corrected chi connectivity index (χ4v) is 1.18. The van der Waals surface area contributed by atoms with E-state index in [9.17, 15) is 0 Å². The third kappa shape index (κ3) is 4.44. The van der Waals surface area contributed by atoms with Crippen LogP contribution in [0.1, 0.15) is 12.8 Å². The Morgan fingerprint density at radius 2 is 2.29 bits per heavy atom. The van der Waals surface area contributed by atoms with Gasteiger partial charge in [0, 0.05) is 26.5 Å². The molecule has 14 heavy (non-hydrogen) atoms. The second-order valence-corrected chi connectivity index (χ2v) is 3.42. The predicted molar refractivity (Wildman–Crippen MR) is 58.8 cm³/mol. The molecule has 0 radical (unpaired) electrons. The number of methoxy groups -OCH3 is 1. The van der Waals surface area contributed by atoms with Crippen molar-refractivity contribution >= 4 is 17.4 Å². The summed E-state index contributed by atoms with van der Waals surface area (Å²) < 4.78 is 4.95.